The molecule has 2 aromatic rings. The molecule has 2 amide bonds. The fourth-order valence-corrected chi connectivity index (χ4v) is 5.07. The molecule has 1 atom stereocenters. The van der Waals surface area contributed by atoms with E-state index < -0.39 is 22.3 Å². The maximum atomic E-state index is 12.6. The van der Waals surface area contributed by atoms with Gasteiger partial charge in [0.25, 0.3) is 5.91 Å². The number of anilines is 3. The van der Waals surface area contributed by atoms with Crippen molar-refractivity contribution in [1.82, 2.24) is 9.88 Å². The van der Waals surface area contributed by atoms with Gasteiger partial charge in [-0.05, 0) is 51.3 Å². The number of carbonyl (C=O) groups excluding carboxylic acids is 2. The molecule has 12 heteroatoms. The van der Waals surface area contributed by atoms with Gasteiger partial charge >= 0.3 is 6.09 Å². The SMILES string of the molecule is CSc1cc(Nc2ccc(N3CCN(C(=O)OC(C)(C)C)CC3)cc2S(C)=O)c(C(N)=O)c(Cl)n1. The van der Waals surface area contributed by atoms with Crippen LogP contribution in [0, 0.1) is 0 Å². The van der Waals surface area contributed by atoms with Crippen molar-refractivity contribution < 1.29 is 18.5 Å². The normalized spacial score (nSPS) is 15.0. The molecule has 190 valence electrons. The van der Waals surface area contributed by atoms with E-state index in [0.717, 1.165) is 5.69 Å². The van der Waals surface area contributed by atoms with Crippen molar-refractivity contribution >= 4 is 63.2 Å². The van der Waals surface area contributed by atoms with E-state index in [1.54, 1.807) is 17.2 Å². The largest absolute Gasteiger partial charge is 0.444 e. The Kier molecular flexibility index (Phi) is 8.55. The zero-order chi connectivity index (χ0) is 25.9. The number of primary amides is 1. The Bertz CT molecular complexity index is 1150. The molecule has 0 saturated carbocycles. The van der Waals surface area contributed by atoms with Crippen LogP contribution in [0.15, 0.2) is 34.2 Å². The lowest BCUT2D eigenvalue weighted by atomic mass is 10.2. The standard InChI is InChI=1S/C23H30ClN5O4S2/c1-23(2,3)33-22(31)29-10-8-28(9-11-29)14-6-7-15(17(12-14)35(5)32)26-16-13-18(34-4)27-20(24)19(16)21(25)30/h6-7,12-13H,8-11H2,1-5H3,(H2,25,30)(H,26,27). The van der Waals surface area contributed by atoms with Crippen LogP contribution in [0.25, 0.3) is 0 Å². The first-order valence-electron chi connectivity index (χ1n) is 10.9. The van der Waals surface area contributed by atoms with Gasteiger partial charge in [0, 0.05) is 38.1 Å². The molecule has 3 N–H and O–H groups in total. The number of aromatic nitrogens is 1. The summed E-state index contributed by atoms with van der Waals surface area (Å²) in [4.78, 5) is 32.9. The molecule has 0 radical (unpaired) electrons. The predicted molar refractivity (Wildman–Crippen MR) is 142 cm³/mol. The Labute approximate surface area is 217 Å². The molecule has 2 heterocycles. The maximum Gasteiger partial charge on any atom is 0.410 e. The fourth-order valence-electron chi connectivity index (χ4n) is 3.60. The molecule has 0 bridgehead atoms. The van der Waals surface area contributed by atoms with Crippen LogP contribution in [0.1, 0.15) is 31.1 Å². The first-order chi connectivity index (χ1) is 16.4. The number of halogens is 1. The molecule has 1 saturated heterocycles. The average Bonchev–Trinajstić information content (AvgIpc) is 2.77. The third kappa shape index (κ3) is 6.80. The highest BCUT2D eigenvalue weighted by atomic mass is 35.5. The Morgan fingerprint density at radius 3 is 2.37 bits per heavy atom. The lowest BCUT2D eigenvalue weighted by molar-refractivity contribution is 0.0240. The molecule has 0 aliphatic carbocycles. The summed E-state index contributed by atoms with van der Waals surface area (Å²) in [5.74, 6) is -0.712. The molecule has 1 fully saturated rings. The third-order valence-electron chi connectivity index (χ3n) is 5.25. The number of thioether (sulfide) groups is 1. The van der Waals surface area contributed by atoms with Crippen LogP contribution < -0.4 is 16.0 Å². The Morgan fingerprint density at radius 2 is 1.83 bits per heavy atom. The molecule has 1 aromatic heterocycles. The minimum atomic E-state index is -1.33. The summed E-state index contributed by atoms with van der Waals surface area (Å²) in [6.07, 6.45) is 3.11. The summed E-state index contributed by atoms with van der Waals surface area (Å²) < 4.78 is 18.1. The number of piperazine rings is 1. The molecule has 1 aliphatic rings. The minimum absolute atomic E-state index is 0.00509. The molecule has 0 spiro atoms. The number of hydrogen-bond acceptors (Lipinski definition) is 8. The highest BCUT2D eigenvalue weighted by Crippen LogP contribution is 2.33. The third-order valence-corrected chi connectivity index (χ3v) is 7.11. The number of nitrogens with two attached hydrogens (primary N) is 1. The van der Waals surface area contributed by atoms with E-state index in [0.29, 0.717) is 47.5 Å². The number of carbonyl (C=O) groups is 2. The number of pyridine rings is 1. The smallest absolute Gasteiger partial charge is 0.410 e. The number of amides is 2. The Morgan fingerprint density at radius 1 is 1.17 bits per heavy atom. The zero-order valence-electron chi connectivity index (χ0n) is 20.4. The van der Waals surface area contributed by atoms with Crippen LogP contribution in [-0.4, -0.2) is 70.4 Å². The van der Waals surface area contributed by atoms with Crippen LogP contribution in [0.5, 0.6) is 0 Å². The van der Waals surface area contributed by atoms with Gasteiger partial charge in [-0.2, -0.15) is 0 Å². The van der Waals surface area contributed by atoms with E-state index in [-0.39, 0.29) is 16.8 Å². The van der Waals surface area contributed by atoms with Gasteiger partial charge in [0.05, 0.1) is 37.7 Å². The van der Waals surface area contributed by atoms with Crippen molar-refractivity contribution in [3.8, 4) is 0 Å². The monoisotopic (exact) mass is 539 g/mol. The Hall–Kier alpha value is -2.50. The maximum absolute atomic E-state index is 12.6. The number of rotatable bonds is 6. The summed E-state index contributed by atoms with van der Waals surface area (Å²) >= 11 is 7.58. The molecule has 3 rings (SSSR count). The second-order valence-electron chi connectivity index (χ2n) is 8.96. The van der Waals surface area contributed by atoms with Crippen LogP contribution in [0.4, 0.5) is 21.9 Å². The van der Waals surface area contributed by atoms with Crippen LogP contribution in [0.3, 0.4) is 0 Å². The van der Waals surface area contributed by atoms with Crippen molar-refractivity contribution in [1.29, 1.82) is 0 Å². The van der Waals surface area contributed by atoms with E-state index in [1.165, 1.54) is 11.8 Å². The van der Waals surface area contributed by atoms with Crippen LogP contribution >= 0.6 is 23.4 Å². The molecular weight excluding hydrogens is 510 g/mol. The topological polar surface area (TPSA) is 118 Å². The van der Waals surface area contributed by atoms with Gasteiger partial charge in [-0.3, -0.25) is 9.00 Å². The van der Waals surface area contributed by atoms with Crippen molar-refractivity contribution in [2.45, 2.75) is 36.3 Å². The Balaban J connectivity index is 1.83. The van der Waals surface area contributed by atoms with Gasteiger partial charge in [-0.25, -0.2) is 9.78 Å². The van der Waals surface area contributed by atoms with E-state index in [1.807, 2.05) is 45.2 Å². The van der Waals surface area contributed by atoms with Gasteiger partial charge in [0.1, 0.15) is 10.8 Å². The fraction of sp³-hybridized carbons (Fsp3) is 0.435. The van der Waals surface area contributed by atoms with Gasteiger partial charge in [0.2, 0.25) is 0 Å². The lowest BCUT2D eigenvalue weighted by Crippen LogP contribution is -2.50. The number of nitrogens with zero attached hydrogens (tertiary/aromatic N) is 3. The molecule has 35 heavy (non-hydrogen) atoms. The molecule has 1 unspecified atom stereocenters. The van der Waals surface area contributed by atoms with Crippen LogP contribution in [0.2, 0.25) is 5.15 Å². The number of benzene rings is 1. The average molecular weight is 540 g/mol. The highest BCUT2D eigenvalue weighted by molar-refractivity contribution is 7.98. The summed E-state index contributed by atoms with van der Waals surface area (Å²) in [5, 5.41) is 3.79. The zero-order valence-corrected chi connectivity index (χ0v) is 22.8. The molecule has 1 aliphatic heterocycles. The van der Waals surface area contributed by atoms with Gasteiger partial charge in [-0.1, -0.05) is 11.6 Å². The van der Waals surface area contributed by atoms with Crippen molar-refractivity contribution in [3.63, 3.8) is 0 Å². The summed E-state index contributed by atoms with van der Waals surface area (Å²) in [7, 11) is -1.33. The molecule has 1 aromatic carbocycles. The second-order valence-corrected chi connectivity index (χ2v) is 11.5. The number of nitrogens with one attached hydrogen (secondary N) is 1. The first-order valence-corrected chi connectivity index (χ1v) is 14.1. The predicted octanol–water partition coefficient (Wildman–Crippen LogP) is 4.09. The quantitative estimate of drug-likeness (QED) is 0.416. The van der Waals surface area contributed by atoms with Crippen molar-refractivity contribution in [2.24, 2.45) is 5.73 Å². The van der Waals surface area contributed by atoms with Gasteiger partial charge in [-0.15, -0.1) is 11.8 Å². The van der Waals surface area contributed by atoms with Crippen LogP contribution in [-0.2, 0) is 15.5 Å². The van der Waals surface area contributed by atoms with Crippen molar-refractivity contribution in [2.75, 3.05) is 48.9 Å². The highest BCUT2D eigenvalue weighted by Gasteiger charge is 2.26. The van der Waals surface area contributed by atoms with Gasteiger partial charge in [0.15, 0.2) is 0 Å². The first kappa shape index (κ1) is 27.1. The molecular formula is C23H30ClN5O4S2. The van der Waals surface area contributed by atoms with E-state index >= 15 is 0 Å². The summed E-state index contributed by atoms with van der Waals surface area (Å²) in [6, 6.07) is 7.25. The summed E-state index contributed by atoms with van der Waals surface area (Å²) in [5.41, 5.74) is 6.91. The number of ether oxygens (including phenoxy) is 1. The second kappa shape index (κ2) is 11.0. The van der Waals surface area contributed by atoms with Gasteiger partial charge < -0.3 is 25.6 Å². The van der Waals surface area contributed by atoms with E-state index in [4.69, 9.17) is 22.1 Å². The lowest BCUT2D eigenvalue weighted by Gasteiger charge is -2.37. The van der Waals surface area contributed by atoms with E-state index in [9.17, 15) is 13.8 Å². The number of hydrogen-bond donors (Lipinski definition) is 2. The minimum Gasteiger partial charge on any atom is -0.444 e. The molecule has 9 nitrogen and oxygen atoms in total. The van der Waals surface area contributed by atoms with Crippen molar-refractivity contribution in [3.05, 3.63) is 35.0 Å². The van der Waals surface area contributed by atoms with E-state index in [2.05, 4.69) is 15.2 Å². The summed E-state index contributed by atoms with van der Waals surface area (Å²) in [6.45, 7) is 7.81.